The van der Waals surface area contributed by atoms with Gasteiger partial charge in [-0.2, -0.15) is 5.10 Å². The number of alkyl halides is 1. The lowest BCUT2D eigenvalue weighted by Crippen LogP contribution is -2.48. The van der Waals surface area contributed by atoms with Gasteiger partial charge in [0, 0.05) is 18.5 Å². The van der Waals surface area contributed by atoms with E-state index in [9.17, 15) is 9.18 Å². The highest BCUT2D eigenvalue weighted by Crippen LogP contribution is 2.44. The number of hydrogen-bond donors (Lipinski definition) is 2. The van der Waals surface area contributed by atoms with Crippen LogP contribution in [-0.4, -0.2) is 32.8 Å². The van der Waals surface area contributed by atoms with E-state index in [0.717, 1.165) is 23.1 Å². The van der Waals surface area contributed by atoms with Gasteiger partial charge in [-0.25, -0.2) is 27.2 Å². The third-order valence-corrected chi connectivity index (χ3v) is 11.9. The van der Waals surface area contributed by atoms with Crippen LogP contribution in [-0.2, 0) is 46.7 Å². The molecule has 2 heterocycles. The first kappa shape index (κ1) is 32.3. The minimum absolute atomic E-state index is 0.0122. The number of carbonyl (C=O) groups excluding carboxylic acids is 1. The molecule has 0 radical (unpaired) electrons. The first-order valence-corrected chi connectivity index (χ1v) is 18.4. The van der Waals surface area contributed by atoms with Crippen molar-refractivity contribution in [3.05, 3.63) is 142 Å². The minimum atomic E-state index is -3.96. The van der Waals surface area contributed by atoms with E-state index in [1.165, 1.54) is 6.20 Å². The van der Waals surface area contributed by atoms with Crippen molar-refractivity contribution in [1.29, 1.82) is 0 Å². The molecule has 0 saturated heterocycles. The SMILES string of the molecule is CC1(C)COc2c([S@@](=O)(=NC(=O)Nc3c4c(c(F)c5c3C[C@H](F)C5)CCC4)NC(c3ccccc3)(c3ccccc3)c3ccccc3)cnn21. The molecule has 2 aliphatic carbocycles. The Morgan fingerprint density at radius 3 is 2.06 bits per heavy atom. The number of amides is 2. The number of carbonyl (C=O) groups is 1. The van der Waals surface area contributed by atoms with Crippen LogP contribution < -0.4 is 14.8 Å². The largest absolute Gasteiger partial charge is 0.474 e. The van der Waals surface area contributed by atoms with Crippen LogP contribution in [0, 0.1) is 5.82 Å². The molecule has 2 amide bonds. The Hall–Kier alpha value is -4.87. The van der Waals surface area contributed by atoms with E-state index in [1.807, 2.05) is 105 Å². The molecule has 5 aromatic rings. The molecule has 0 fully saturated rings. The highest BCUT2D eigenvalue weighted by atomic mass is 32.2. The maximum atomic E-state index is 15.9. The highest BCUT2D eigenvalue weighted by Gasteiger charge is 2.44. The molecule has 0 unspecified atom stereocenters. The fourth-order valence-corrected chi connectivity index (χ4v) is 9.59. The van der Waals surface area contributed by atoms with Gasteiger partial charge in [0.15, 0.2) is 9.92 Å². The summed E-state index contributed by atoms with van der Waals surface area (Å²) in [6.45, 7) is 4.19. The predicted octanol–water partition coefficient (Wildman–Crippen LogP) is 7.63. The molecule has 1 aliphatic heterocycles. The summed E-state index contributed by atoms with van der Waals surface area (Å²) < 4.78 is 61.9. The number of urea groups is 1. The van der Waals surface area contributed by atoms with E-state index >= 15 is 8.60 Å². The minimum Gasteiger partial charge on any atom is -0.474 e. The summed E-state index contributed by atoms with van der Waals surface area (Å²) in [7, 11) is -3.96. The summed E-state index contributed by atoms with van der Waals surface area (Å²) in [5, 5.41) is 7.44. The smallest absolute Gasteiger partial charge is 0.354 e. The van der Waals surface area contributed by atoms with Gasteiger partial charge in [-0.3, -0.25) is 0 Å². The topological polar surface area (TPSA) is 97.6 Å². The Bertz CT molecular complexity index is 2140. The monoisotopic (exact) mass is 693 g/mol. The van der Waals surface area contributed by atoms with E-state index in [4.69, 9.17) is 4.74 Å². The van der Waals surface area contributed by atoms with Crippen molar-refractivity contribution in [3.8, 4) is 5.88 Å². The third-order valence-electron chi connectivity index (χ3n) is 10.0. The molecule has 8 rings (SSSR count). The van der Waals surface area contributed by atoms with Crippen molar-refractivity contribution in [2.24, 2.45) is 4.36 Å². The lowest BCUT2D eigenvalue weighted by atomic mass is 9.78. The zero-order valence-electron chi connectivity index (χ0n) is 27.8. The molecule has 11 heteroatoms. The van der Waals surface area contributed by atoms with Crippen molar-refractivity contribution >= 4 is 21.6 Å². The summed E-state index contributed by atoms with van der Waals surface area (Å²) in [5.41, 5.74) is 2.74. The molecule has 256 valence electrons. The number of hydrogen-bond acceptors (Lipinski definition) is 4. The Morgan fingerprint density at radius 2 is 1.46 bits per heavy atom. The van der Waals surface area contributed by atoms with Gasteiger partial charge in [-0.15, -0.1) is 4.36 Å². The Kier molecular flexibility index (Phi) is 7.87. The van der Waals surface area contributed by atoms with E-state index in [1.54, 1.807) is 4.68 Å². The fraction of sp³-hybridized carbons (Fsp3) is 0.282. The highest BCUT2D eigenvalue weighted by molar-refractivity contribution is 7.92. The second kappa shape index (κ2) is 12.2. The number of ether oxygens (including phenoxy) is 1. The molecular weight excluding hydrogens is 657 g/mol. The van der Waals surface area contributed by atoms with Crippen LogP contribution in [0.1, 0.15) is 59.2 Å². The van der Waals surface area contributed by atoms with Crippen LogP contribution in [0.2, 0.25) is 0 Å². The van der Waals surface area contributed by atoms with Gasteiger partial charge < -0.3 is 10.1 Å². The lowest BCUT2D eigenvalue weighted by Gasteiger charge is -2.37. The molecule has 1 aromatic heterocycles. The third kappa shape index (κ3) is 5.22. The zero-order chi connectivity index (χ0) is 34.7. The van der Waals surface area contributed by atoms with Crippen molar-refractivity contribution in [3.63, 3.8) is 0 Å². The second-order valence-electron chi connectivity index (χ2n) is 13.8. The quantitative estimate of drug-likeness (QED) is 0.171. The number of halogens is 2. The van der Waals surface area contributed by atoms with Gasteiger partial charge >= 0.3 is 6.03 Å². The van der Waals surface area contributed by atoms with E-state index in [2.05, 4.69) is 19.5 Å². The zero-order valence-corrected chi connectivity index (χ0v) is 28.6. The Morgan fingerprint density at radius 1 is 0.900 bits per heavy atom. The Balaban J connectivity index is 1.35. The predicted molar refractivity (Wildman–Crippen MR) is 188 cm³/mol. The van der Waals surface area contributed by atoms with Crippen LogP contribution in [0.5, 0.6) is 5.88 Å². The van der Waals surface area contributed by atoms with E-state index in [-0.39, 0.29) is 36.0 Å². The van der Waals surface area contributed by atoms with Crippen LogP contribution in [0.25, 0.3) is 0 Å². The molecule has 3 aliphatic rings. The van der Waals surface area contributed by atoms with Gasteiger partial charge in [0.1, 0.15) is 29.0 Å². The van der Waals surface area contributed by atoms with Gasteiger partial charge in [-0.05, 0) is 72.1 Å². The first-order chi connectivity index (χ1) is 24.1. The lowest BCUT2D eigenvalue weighted by molar-refractivity contribution is 0.258. The molecule has 2 atom stereocenters. The standard InChI is InChI=1S/C39H37F2N5O3S/c1-38(2)24-49-36-33(23-42-46(36)38)50(48,44-37(47)43-35-30-20-12-19-29(30)34(41)31-21-28(40)22-32(31)35)45-39(25-13-6-3-7-14-25,26-15-8-4-9-16-26)27-17-10-5-11-18-27/h3-11,13-18,23,28H,12,19-22,24H2,1-2H3,(H2,43,44,45,47,48)/t28-,50-/m1/s1. The summed E-state index contributed by atoms with van der Waals surface area (Å²) >= 11 is 0. The van der Waals surface area contributed by atoms with E-state index < -0.39 is 33.2 Å². The van der Waals surface area contributed by atoms with Gasteiger partial charge in [-0.1, -0.05) is 91.0 Å². The number of fused-ring (bicyclic) bond motifs is 3. The normalized spacial score (nSPS) is 18.4. The molecule has 0 saturated carbocycles. The second-order valence-corrected chi connectivity index (χ2v) is 15.7. The number of nitrogens with zero attached hydrogens (tertiary/aromatic N) is 3. The maximum Gasteiger partial charge on any atom is 0.354 e. The van der Waals surface area contributed by atoms with Crippen LogP contribution >= 0.6 is 0 Å². The Labute approximate surface area is 290 Å². The number of nitrogens with one attached hydrogen (secondary N) is 2. The maximum absolute atomic E-state index is 15.9. The van der Waals surface area contributed by atoms with Crippen LogP contribution in [0.15, 0.2) is 106 Å². The van der Waals surface area contributed by atoms with Crippen molar-refractivity contribution in [1.82, 2.24) is 14.5 Å². The van der Waals surface area contributed by atoms with Crippen molar-refractivity contribution in [2.45, 2.75) is 68.1 Å². The van der Waals surface area contributed by atoms with Crippen molar-refractivity contribution < 1.29 is 22.5 Å². The average molecular weight is 694 g/mol. The first-order valence-electron chi connectivity index (χ1n) is 16.8. The number of rotatable bonds is 7. The van der Waals surface area contributed by atoms with Gasteiger partial charge in [0.05, 0.1) is 11.7 Å². The van der Waals surface area contributed by atoms with Crippen LogP contribution in [0.3, 0.4) is 0 Å². The van der Waals surface area contributed by atoms with Crippen LogP contribution in [0.4, 0.5) is 19.3 Å². The summed E-state index contributed by atoms with van der Waals surface area (Å²) in [5.74, 6) is -0.127. The molecule has 4 aromatic carbocycles. The molecular formula is C39H37F2N5O3S. The molecule has 0 bridgehead atoms. The fourth-order valence-electron chi connectivity index (χ4n) is 7.72. The molecule has 2 N–H and O–H groups in total. The van der Waals surface area contributed by atoms with E-state index in [0.29, 0.717) is 40.8 Å². The summed E-state index contributed by atoms with van der Waals surface area (Å²) in [6.07, 6.45) is 1.90. The van der Waals surface area contributed by atoms with Crippen molar-refractivity contribution in [2.75, 3.05) is 11.9 Å². The van der Waals surface area contributed by atoms with Gasteiger partial charge in [0.2, 0.25) is 5.88 Å². The molecule has 8 nitrogen and oxygen atoms in total. The number of benzene rings is 4. The number of aromatic nitrogens is 2. The summed E-state index contributed by atoms with van der Waals surface area (Å²) in [6, 6.07) is 27.9. The number of anilines is 1. The molecule has 0 spiro atoms. The summed E-state index contributed by atoms with van der Waals surface area (Å²) in [4.78, 5) is 14.4. The molecule has 50 heavy (non-hydrogen) atoms. The average Bonchev–Trinajstić information content (AvgIpc) is 3.92. The van der Waals surface area contributed by atoms with Gasteiger partial charge in [0.25, 0.3) is 0 Å².